The largest absolute Gasteiger partial charge is 0.325 e. The fourth-order valence-electron chi connectivity index (χ4n) is 3.13. The van der Waals surface area contributed by atoms with E-state index < -0.39 is 0 Å². The molecule has 0 aromatic heterocycles. The fourth-order valence-corrected chi connectivity index (χ4v) is 3.32. The van der Waals surface area contributed by atoms with E-state index in [9.17, 15) is 4.79 Å². The van der Waals surface area contributed by atoms with E-state index in [4.69, 9.17) is 11.6 Å². The van der Waals surface area contributed by atoms with Crippen LogP contribution in [0.5, 0.6) is 0 Å². The molecule has 0 aliphatic carbocycles. The number of halogens is 1. The van der Waals surface area contributed by atoms with Gasteiger partial charge in [0.15, 0.2) is 0 Å². The van der Waals surface area contributed by atoms with E-state index in [1.165, 1.54) is 5.56 Å². The number of anilines is 1. The van der Waals surface area contributed by atoms with Crippen molar-refractivity contribution in [3.8, 4) is 0 Å². The first-order chi connectivity index (χ1) is 13.2. The zero-order valence-corrected chi connectivity index (χ0v) is 16.2. The standard InChI is InChI=1S/C22H26ClN3O/c23-20-10-4-5-11-21(20)24-22(27)12-14-26-17-15-25(16-18-26)13-6-9-19-7-2-1-3-8-19/h1-11H,12-18H2,(H,24,27)/b9-6-. The summed E-state index contributed by atoms with van der Waals surface area (Å²) >= 11 is 6.08. The summed E-state index contributed by atoms with van der Waals surface area (Å²) in [4.78, 5) is 16.9. The van der Waals surface area contributed by atoms with Crippen LogP contribution >= 0.6 is 11.6 Å². The van der Waals surface area contributed by atoms with Crippen molar-refractivity contribution < 1.29 is 4.79 Å². The third-order valence-electron chi connectivity index (χ3n) is 4.74. The SMILES string of the molecule is O=C(CCN1CCN(C/C=C\c2ccccc2)CC1)Nc1ccccc1Cl. The van der Waals surface area contributed by atoms with Crippen molar-refractivity contribution in [2.75, 3.05) is 44.6 Å². The van der Waals surface area contributed by atoms with Gasteiger partial charge in [0, 0.05) is 45.7 Å². The molecule has 1 amide bonds. The predicted molar refractivity (Wildman–Crippen MR) is 113 cm³/mol. The lowest BCUT2D eigenvalue weighted by Crippen LogP contribution is -2.46. The Labute approximate surface area is 166 Å². The Bertz CT molecular complexity index is 755. The molecule has 0 bridgehead atoms. The number of hydrogen-bond acceptors (Lipinski definition) is 3. The number of carbonyl (C=O) groups excluding carboxylic acids is 1. The maximum Gasteiger partial charge on any atom is 0.225 e. The van der Waals surface area contributed by atoms with Gasteiger partial charge in [-0.15, -0.1) is 0 Å². The molecule has 2 aromatic rings. The molecule has 0 atom stereocenters. The molecule has 4 nitrogen and oxygen atoms in total. The number of nitrogens with zero attached hydrogens (tertiary/aromatic N) is 2. The summed E-state index contributed by atoms with van der Waals surface area (Å²) in [6, 6.07) is 17.7. The fraction of sp³-hybridized carbons (Fsp3) is 0.318. The van der Waals surface area contributed by atoms with Crippen LogP contribution in [0.1, 0.15) is 12.0 Å². The Morgan fingerprint density at radius 1 is 0.963 bits per heavy atom. The molecule has 3 rings (SSSR count). The first-order valence-electron chi connectivity index (χ1n) is 9.41. The van der Waals surface area contributed by atoms with E-state index in [1.54, 1.807) is 6.07 Å². The Morgan fingerprint density at radius 2 is 1.63 bits per heavy atom. The van der Waals surface area contributed by atoms with Crippen molar-refractivity contribution in [1.29, 1.82) is 0 Å². The summed E-state index contributed by atoms with van der Waals surface area (Å²) in [5, 5.41) is 3.46. The van der Waals surface area contributed by atoms with Crippen LogP contribution in [0.15, 0.2) is 60.7 Å². The Hall–Kier alpha value is -2.14. The summed E-state index contributed by atoms with van der Waals surface area (Å²) in [7, 11) is 0. The van der Waals surface area contributed by atoms with Crippen molar-refractivity contribution in [2.24, 2.45) is 0 Å². The summed E-state index contributed by atoms with van der Waals surface area (Å²) in [6.07, 6.45) is 4.88. The maximum absolute atomic E-state index is 12.1. The monoisotopic (exact) mass is 383 g/mol. The smallest absolute Gasteiger partial charge is 0.225 e. The summed E-state index contributed by atoms with van der Waals surface area (Å²) in [5.74, 6) is 0.0105. The molecular formula is C22H26ClN3O. The lowest BCUT2D eigenvalue weighted by molar-refractivity contribution is -0.116. The minimum Gasteiger partial charge on any atom is -0.325 e. The van der Waals surface area contributed by atoms with Gasteiger partial charge in [0.25, 0.3) is 0 Å². The van der Waals surface area contributed by atoms with Gasteiger partial charge in [-0.2, -0.15) is 0 Å². The molecule has 2 aromatic carbocycles. The number of piperazine rings is 1. The van der Waals surface area contributed by atoms with Crippen LogP contribution in [0.4, 0.5) is 5.69 Å². The third kappa shape index (κ3) is 6.51. The van der Waals surface area contributed by atoms with Crippen LogP contribution in [0, 0.1) is 0 Å². The highest BCUT2D eigenvalue weighted by Gasteiger charge is 2.16. The molecule has 1 fully saturated rings. The van der Waals surface area contributed by atoms with Gasteiger partial charge < -0.3 is 10.2 Å². The van der Waals surface area contributed by atoms with Gasteiger partial charge in [0.2, 0.25) is 5.91 Å². The van der Waals surface area contributed by atoms with Crippen LogP contribution in [0.2, 0.25) is 5.02 Å². The van der Waals surface area contributed by atoms with Gasteiger partial charge in [-0.3, -0.25) is 9.69 Å². The molecule has 1 heterocycles. The number of nitrogens with one attached hydrogen (secondary N) is 1. The van der Waals surface area contributed by atoms with Gasteiger partial charge in [0.1, 0.15) is 0 Å². The van der Waals surface area contributed by atoms with Crippen molar-refractivity contribution >= 4 is 29.3 Å². The molecule has 0 spiro atoms. The van der Waals surface area contributed by atoms with Crippen LogP contribution in [0.3, 0.4) is 0 Å². The lowest BCUT2D eigenvalue weighted by atomic mass is 10.2. The quantitative estimate of drug-likeness (QED) is 0.784. The summed E-state index contributed by atoms with van der Waals surface area (Å²) < 4.78 is 0. The number of carbonyl (C=O) groups is 1. The van der Waals surface area contributed by atoms with Gasteiger partial charge in [-0.25, -0.2) is 0 Å². The molecule has 0 radical (unpaired) electrons. The van der Waals surface area contributed by atoms with E-state index in [-0.39, 0.29) is 5.91 Å². The highest BCUT2D eigenvalue weighted by molar-refractivity contribution is 6.33. The first kappa shape index (κ1) is 19.6. The van der Waals surface area contributed by atoms with E-state index >= 15 is 0 Å². The minimum absolute atomic E-state index is 0.0105. The van der Waals surface area contributed by atoms with E-state index in [0.29, 0.717) is 17.1 Å². The summed E-state index contributed by atoms with van der Waals surface area (Å²) in [6.45, 7) is 5.81. The molecule has 5 heteroatoms. The average molecular weight is 384 g/mol. The molecule has 1 aliphatic heterocycles. The number of rotatable bonds is 7. The van der Waals surface area contributed by atoms with E-state index in [2.05, 4.69) is 51.5 Å². The molecule has 0 unspecified atom stereocenters. The zero-order chi connectivity index (χ0) is 18.9. The highest BCUT2D eigenvalue weighted by atomic mass is 35.5. The second kappa shape index (κ2) is 10.3. The van der Waals surface area contributed by atoms with Crippen molar-refractivity contribution in [3.63, 3.8) is 0 Å². The molecule has 1 saturated heterocycles. The van der Waals surface area contributed by atoms with Crippen LogP contribution in [-0.2, 0) is 4.79 Å². The van der Waals surface area contributed by atoms with Gasteiger partial charge in [-0.1, -0.05) is 66.2 Å². The average Bonchev–Trinajstić information content (AvgIpc) is 2.70. The van der Waals surface area contributed by atoms with Crippen molar-refractivity contribution in [3.05, 3.63) is 71.3 Å². The Kier molecular flexibility index (Phi) is 7.45. The normalized spacial score (nSPS) is 15.9. The molecule has 1 aliphatic rings. The third-order valence-corrected chi connectivity index (χ3v) is 5.07. The molecule has 1 N–H and O–H groups in total. The lowest BCUT2D eigenvalue weighted by Gasteiger charge is -2.34. The number of amides is 1. The van der Waals surface area contributed by atoms with Crippen LogP contribution in [0.25, 0.3) is 6.08 Å². The zero-order valence-electron chi connectivity index (χ0n) is 15.5. The Morgan fingerprint density at radius 3 is 2.37 bits per heavy atom. The molecular weight excluding hydrogens is 358 g/mol. The highest BCUT2D eigenvalue weighted by Crippen LogP contribution is 2.20. The Balaban J connectivity index is 1.34. The number of benzene rings is 2. The van der Waals surface area contributed by atoms with Gasteiger partial charge in [-0.05, 0) is 17.7 Å². The topological polar surface area (TPSA) is 35.6 Å². The molecule has 27 heavy (non-hydrogen) atoms. The summed E-state index contributed by atoms with van der Waals surface area (Å²) in [5.41, 5.74) is 1.92. The van der Waals surface area contributed by atoms with Gasteiger partial charge in [0.05, 0.1) is 10.7 Å². The predicted octanol–water partition coefficient (Wildman–Crippen LogP) is 4.00. The van der Waals surface area contributed by atoms with E-state index in [1.807, 2.05) is 24.3 Å². The molecule has 142 valence electrons. The number of para-hydroxylation sites is 1. The maximum atomic E-state index is 12.1. The second-order valence-corrected chi connectivity index (χ2v) is 7.14. The van der Waals surface area contributed by atoms with Gasteiger partial charge >= 0.3 is 0 Å². The minimum atomic E-state index is 0.0105. The van der Waals surface area contributed by atoms with Crippen molar-refractivity contribution in [1.82, 2.24) is 9.80 Å². The number of hydrogen-bond donors (Lipinski definition) is 1. The molecule has 0 saturated carbocycles. The van der Waals surface area contributed by atoms with Crippen LogP contribution < -0.4 is 5.32 Å². The second-order valence-electron chi connectivity index (χ2n) is 6.73. The first-order valence-corrected chi connectivity index (χ1v) is 9.79. The van der Waals surface area contributed by atoms with Crippen molar-refractivity contribution in [2.45, 2.75) is 6.42 Å². The van der Waals surface area contributed by atoms with E-state index in [0.717, 1.165) is 39.3 Å². The van der Waals surface area contributed by atoms with Crippen LogP contribution in [-0.4, -0.2) is 55.0 Å².